The van der Waals surface area contributed by atoms with E-state index < -0.39 is 5.41 Å². The fourth-order valence-electron chi connectivity index (χ4n) is 12.5. The Morgan fingerprint density at radius 2 is 1.03 bits per heavy atom. The molecule has 0 radical (unpaired) electrons. The maximum Gasteiger partial charge on any atom is 0.0726 e. The molecule has 65 heavy (non-hydrogen) atoms. The van der Waals surface area contributed by atoms with Crippen molar-refractivity contribution < 1.29 is 0 Å². The smallest absolute Gasteiger partial charge is 0.0726 e. The Labute approximate surface area is 379 Å². The van der Waals surface area contributed by atoms with Gasteiger partial charge < -0.3 is 9.47 Å². The SMILES string of the molecule is c1ccc(-n2c3ccccc3c3ccc(N(c4ccc5c(c4)C4(c6ccccc6-5)c5ccc(C6CCCCC6)cc5-c5cccc6cccc4c56)c4ccc5ccccc5c4)cc32)cc1. The highest BCUT2D eigenvalue weighted by Gasteiger charge is 2.50. The summed E-state index contributed by atoms with van der Waals surface area (Å²) in [7, 11) is 0. The zero-order valence-electron chi connectivity index (χ0n) is 36.2. The third-order valence-corrected chi connectivity index (χ3v) is 15.3. The molecule has 2 nitrogen and oxygen atoms in total. The molecule has 0 saturated heterocycles. The maximum absolute atomic E-state index is 2.60. The molecule has 0 bridgehead atoms. The molecule has 11 aromatic rings. The molecule has 1 fully saturated rings. The first kappa shape index (κ1) is 36.8. The van der Waals surface area contributed by atoms with E-state index in [0.717, 1.165) is 22.7 Å². The van der Waals surface area contributed by atoms with Crippen molar-refractivity contribution in [1.29, 1.82) is 0 Å². The molecule has 308 valence electrons. The first-order valence-corrected chi connectivity index (χ1v) is 23.5. The van der Waals surface area contributed by atoms with Crippen LogP contribution in [0.25, 0.3) is 71.3 Å². The predicted molar refractivity (Wildman–Crippen MR) is 273 cm³/mol. The van der Waals surface area contributed by atoms with Crippen LogP contribution in [0.3, 0.4) is 0 Å². The van der Waals surface area contributed by atoms with Gasteiger partial charge in [-0.3, -0.25) is 0 Å². The van der Waals surface area contributed by atoms with E-state index in [-0.39, 0.29) is 0 Å². The van der Waals surface area contributed by atoms with Gasteiger partial charge in [-0.2, -0.15) is 0 Å². The maximum atomic E-state index is 2.60. The molecular formula is C63H46N2. The second-order valence-corrected chi connectivity index (χ2v) is 18.6. The number of hydrogen-bond donors (Lipinski definition) is 0. The average Bonchev–Trinajstić information content (AvgIpc) is 3.86. The molecule has 0 N–H and O–H groups in total. The summed E-state index contributed by atoms with van der Waals surface area (Å²) in [6.07, 6.45) is 6.56. The van der Waals surface area contributed by atoms with Crippen LogP contribution in [0, 0.1) is 0 Å². The van der Waals surface area contributed by atoms with Gasteiger partial charge in [-0.15, -0.1) is 0 Å². The lowest BCUT2D eigenvalue weighted by atomic mass is 9.61. The van der Waals surface area contributed by atoms with Gasteiger partial charge in [0.2, 0.25) is 0 Å². The van der Waals surface area contributed by atoms with Crippen LogP contribution in [-0.2, 0) is 5.41 Å². The lowest BCUT2D eigenvalue weighted by Gasteiger charge is -2.41. The van der Waals surface area contributed by atoms with Crippen molar-refractivity contribution in [2.75, 3.05) is 4.90 Å². The van der Waals surface area contributed by atoms with E-state index in [1.54, 1.807) is 0 Å². The molecule has 0 amide bonds. The fourth-order valence-corrected chi connectivity index (χ4v) is 12.5. The van der Waals surface area contributed by atoms with Crippen LogP contribution in [0.4, 0.5) is 17.1 Å². The van der Waals surface area contributed by atoms with E-state index >= 15 is 0 Å². The Morgan fingerprint density at radius 3 is 1.94 bits per heavy atom. The van der Waals surface area contributed by atoms with Crippen LogP contribution >= 0.6 is 0 Å². The zero-order chi connectivity index (χ0) is 42.6. The minimum Gasteiger partial charge on any atom is -0.310 e. The first-order valence-electron chi connectivity index (χ1n) is 23.5. The zero-order valence-corrected chi connectivity index (χ0v) is 36.2. The molecular weight excluding hydrogens is 785 g/mol. The predicted octanol–water partition coefficient (Wildman–Crippen LogP) is 17.0. The van der Waals surface area contributed by atoms with Crippen molar-refractivity contribution in [1.82, 2.24) is 4.57 Å². The Bertz CT molecular complexity index is 3710. The minimum atomic E-state index is -0.519. The lowest BCUT2D eigenvalue weighted by Crippen LogP contribution is -2.32. The molecule has 1 saturated carbocycles. The first-order chi connectivity index (χ1) is 32.2. The number of anilines is 3. The van der Waals surface area contributed by atoms with Gasteiger partial charge >= 0.3 is 0 Å². The van der Waals surface area contributed by atoms with Crippen molar-refractivity contribution in [3.05, 3.63) is 240 Å². The van der Waals surface area contributed by atoms with Gasteiger partial charge in [0.1, 0.15) is 0 Å². The van der Waals surface area contributed by atoms with Crippen LogP contribution < -0.4 is 4.90 Å². The van der Waals surface area contributed by atoms with E-state index in [1.165, 1.54) is 126 Å². The Morgan fingerprint density at radius 1 is 0.385 bits per heavy atom. The summed E-state index contributed by atoms with van der Waals surface area (Å²) in [5.41, 5.74) is 18.8. The molecule has 3 aliphatic rings. The monoisotopic (exact) mass is 830 g/mol. The van der Waals surface area contributed by atoms with E-state index in [0.29, 0.717) is 5.92 Å². The molecule has 3 aliphatic carbocycles. The van der Waals surface area contributed by atoms with Crippen molar-refractivity contribution in [2.24, 2.45) is 0 Å². The normalized spacial score (nSPS) is 16.3. The number of rotatable bonds is 5. The van der Waals surface area contributed by atoms with Gasteiger partial charge in [-0.25, -0.2) is 0 Å². The fraction of sp³-hybridized carbons (Fsp3) is 0.111. The number of fused-ring (bicyclic) bond motifs is 13. The molecule has 14 rings (SSSR count). The summed E-state index contributed by atoms with van der Waals surface area (Å²) in [6, 6.07) is 80.6. The van der Waals surface area contributed by atoms with Crippen LogP contribution in [-0.4, -0.2) is 4.57 Å². The van der Waals surface area contributed by atoms with E-state index in [2.05, 4.69) is 222 Å². The van der Waals surface area contributed by atoms with Gasteiger partial charge in [0.05, 0.1) is 16.4 Å². The summed E-state index contributed by atoms with van der Waals surface area (Å²) in [6.45, 7) is 0. The number of nitrogens with zero attached hydrogens (tertiary/aromatic N) is 2. The van der Waals surface area contributed by atoms with Crippen LogP contribution in [0.5, 0.6) is 0 Å². The highest BCUT2D eigenvalue weighted by Crippen LogP contribution is 2.63. The third kappa shape index (κ3) is 5.29. The summed E-state index contributed by atoms with van der Waals surface area (Å²) in [5, 5.41) is 7.63. The number of hydrogen-bond acceptors (Lipinski definition) is 1. The van der Waals surface area contributed by atoms with E-state index in [4.69, 9.17) is 0 Å². The molecule has 10 aromatic carbocycles. The van der Waals surface area contributed by atoms with E-state index in [1.807, 2.05) is 0 Å². The van der Waals surface area contributed by atoms with Crippen LogP contribution in [0.2, 0.25) is 0 Å². The topological polar surface area (TPSA) is 8.17 Å². The minimum absolute atomic E-state index is 0.519. The Hall–Kier alpha value is -7.68. The molecule has 2 heteroatoms. The van der Waals surface area contributed by atoms with E-state index in [9.17, 15) is 0 Å². The molecule has 1 spiro atoms. The average molecular weight is 831 g/mol. The molecule has 1 atom stereocenters. The van der Waals surface area contributed by atoms with Crippen LogP contribution in [0.1, 0.15) is 65.8 Å². The van der Waals surface area contributed by atoms with Gasteiger partial charge in [0.25, 0.3) is 0 Å². The number of benzene rings is 10. The van der Waals surface area contributed by atoms with Gasteiger partial charge in [-0.1, -0.05) is 177 Å². The molecule has 0 aliphatic heterocycles. The Balaban J connectivity index is 1.05. The van der Waals surface area contributed by atoms with Gasteiger partial charge in [0.15, 0.2) is 0 Å². The summed E-state index contributed by atoms with van der Waals surface area (Å²) in [5.74, 6) is 0.615. The van der Waals surface area contributed by atoms with Gasteiger partial charge in [-0.05, 0) is 145 Å². The lowest BCUT2D eigenvalue weighted by molar-refractivity contribution is 0.443. The summed E-state index contributed by atoms with van der Waals surface area (Å²) >= 11 is 0. The Kier molecular flexibility index (Phi) is 8.01. The number of para-hydroxylation sites is 2. The molecule has 1 aromatic heterocycles. The van der Waals surface area contributed by atoms with Crippen molar-refractivity contribution in [3.63, 3.8) is 0 Å². The third-order valence-electron chi connectivity index (χ3n) is 15.3. The van der Waals surface area contributed by atoms with Crippen molar-refractivity contribution in [2.45, 2.75) is 43.4 Å². The van der Waals surface area contributed by atoms with Crippen LogP contribution in [0.15, 0.2) is 212 Å². The highest BCUT2D eigenvalue weighted by atomic mass is 15.1. The largest absolute Gasteiger partial charge is 0.310 e. The quantitative estimate of drug-likeness (QED) is 0.168. The highest BCUT2D eigenvalue weighted by molar-refractivity contribution is 6.11. The second-order valence-electron chi connectivity index (χ2n) is 18.6. The van der Waals surface area contributed by atoms with Crippen molar-refractivity contribution in [3.8, 4) is 27.9 Å². The standard InChI is InChI=1S/C63H46N2/c1-3-15-41(16-4-1)45-30-36-57-55(38-45)54-25-13-19-43-20-14-27-58(62(43)54)63(57)56-26-11-9-23-50(56)51-34-32-48(39-59(51)63)64(47-31-29-42-17-7-8-18-44(42)37-47)49-33-35-53-52-24-10-12-28-60(52)65(61(53)40-49)46-21-5-2-6-22-46/h2,5-14,17-41H,1,3-4,15-16H2. The number of aromatic nitrogens is 1. The second kappa shape index (κ2) is 14.2. The molecule has 1 heterocycles. The van der Waals surface area contributed by atoms with Gasteiger partial charge in [0, 0.05) is 33.5 Å². The summed E-state index contributed by atoms with van der Waals surface area (Å²) < 4.78 is 2.43. The van der Waals surface area contributed by atoms with Crippen molar-refractivity contribution >= 4 is 60.4 Å². The molecule has 1 unspecified atom stereocenters. The summed E-state index contributed by atoms with van der Waals surface area (Å²) in [4.78, 5) is 2.50.